The van der Waals surface area contributed by atoms with Crippen molar-refractivity contribution in [3.05, 3.63) is 0 Å². The average Bonchev–Trinajstić information content (AvgIpc) is 2.21. The molecule has 0 aromatic carbocycles. The maximum atomic E-state index is 11.6. The van der Waals surface area contributed by atoms with Gasteiger partial charge in [-0.15, -0.1) is 0 Å². The van der Waals surface area contributed by atoms with Gasteiger partial charge in [-0.3, -0.25) is 4.79 Å². The minimum absolute atomic E-state index is 0.137. The maximum Gasteiger partial charge on any atom is 0.225 e. The monoisotopic (exact) mass is 201 g/mol. The van der Waals surface area contributed by atoms with Crippen molar-refractivity contribution in [2.24, 2.45) is 5.92 Å². The highest BCUT2D eigenvalue weighted by atomic mass is 16.2. The van der Waals surface area contributed by atoms with Gasteiger partial charge in [-0.1, -0.05) is 13.8 Å². The fourth-order valence-corrected chi connectivity index (χ4v) is 1.30. The molecule has 3 nitrogen and oxygen atoms in total. The molecule has 0 spiro atoms. The van der Waals surface area contributed by atoms with Gasteiger partial charge < -0.3 is 10.0 Å². The summed E-state index contributed by atoms with van der Waals surface area (Å²) in [4.78, 5) is 13.4. The second-order valence-corrected chi connectivity index (χ2v) is 3.85. The Bertz CT molecular complexity index is 159. The predicted molar refractivity (Wildman–Crippen MR) is 58.0 cm³/mol. The molecule has 3 heteroatoms. The van der Waals surface area contributed by atoms with E-state index in [1.54, 1.807) is 4.90 Å². The van der Waals surface area contributed by atoms with Gasteiger partial charge in [0.1, 0.15) is 0 Å². The molecule has 0 aromatic heterocycles. The van der Waals surface area contributed by atoms with Crippen molar-refractivity contribution < 1.29 is 9.90 Å². The highest BCUT2D eigenvalue weighted by Gasteiger charge is 2.14. The molecule has 1 unspecified atom stereocenters. The minimum atomic E-state index is 0.137. The zero-order valence-corrected chi connectivity index (χ0v) is 9.62. The molecule has 1 atom stereocenters. The molecule has 0 bridgehead atoms. The second-order valence-electron chi connectivity index (χ2n) is 3.85. The van der Waals surface area contributed by atoms with Crippen molar-refractivity contribution in [1.82, 2.24) is 4.90 Å². The summed E-state index contributed by atoms with van der Waals surface area (Å²) in [6.07, 6.45) is 3.72. The van der Waals surface area contributed by atoms with Crippen LogP contribution in [-0.2, 0) is 4.79 Å². The largest absolute Gasteiger partial charge is 0.396 e. The van der Waals surface area contributed by atoms with Crippen LogP contribution in [-0.4, -0.2) is 36.1 Å². The summed E-state index contributed by atoms with van der Waals surface area (Å²) in [5, 5.41) is 8.59. The SMILES string of the molecule is CCC(C)C(=O)N(C)CCCCCO. The van der Waals surface area contributed by atoms with Crippen molar-refractivity contribution in [3.63, 3.8) is 0 Å². The van der Waals surface area contributed by atoms with E-state index >= 15 is 0 Å². The fraction of sp³-hybridized carbons (Fsp3) is 0.909. The van der Waals surface area contributed by atoms with Gasteiger partial charge in [-0.2, -0.15) is 0 Å². The van der Waals surface area contributed by atoms with Gasteiger partial charge in [0.2, 0.25) is 5.91 Å². The van der Waals surface area contributed by atoms with Gasteiger partial charge in [-0.05, 0) is 25.7 Å². The maximum absolute atomic E-state index is 11.6. The van der Waals surface area contributed by atoms with Crippen LogP contribution in [0.1, 0.15) is 39.5 Å². The Labute approximate surface area is 87.1 Å². The van der Waals surface area contributed by atoms with Crippen LogP contribution in [0.15, 0.2) is 0 Å². The Balaban J connectivity index is 3.62. The van der Waals surface area contributed by atoms with Crippen LogP contribution < -0.4 is 0 Å². The van der Waals surface area contributed by atoms with E-state index in [1.165, 1.54) is 0 Å². The van der Waals surface area contributed by atoms with E-state index in [1.807, 2.05) is 20.9 Å². The lowest BCUT2D eigenvalue weighted by atomic mass is 10.1. The van der Waals surface area contributed by atoms with Gasteiger partial charge >= 0.3 is 0 Å². The standard InChI is InChI=1S/C11H23NO2/c1-4-10(2)11(14)12(3)8-6-5-7-9-13/h10,13H,4-9H2,1-3H3. The zero-order valence-electron chi connectivity index (χ0n) is 9.62. The highest BCUT2D eigenvalue weighted by molar-refractivity contribution is 5.78. The van der Waals surface area contributed by atoms with Crippen molar-refractivity contribution in [2.45, 2.75) is 39.5 Å². The molecule has 0 fully saturated rings. The van der Waals surface area contributed by atoms with Crippen molar-refractivity contribution in [3.8, 4) is 0 Å². The molecule has 0 heterocycles. The molecule has 1 amide bonds. The van der Waals surface area contributed by atoms with E-state index in [0.29, 0.717) is 0 Å². The van der Waals surface area contributed by atoms with E-state index in [2.05, 4.69) is 0 Å². The molecule has 84 valence electrons. The van der Waals surface area contributed by atoms with Crippen LogP contribution in [0, 0.1) is 5.92 Å². The summed E-state index contributed by atoms with van der Waals surface area (Å²) in [5.74, 6) is 0.370. The van der Waals surface area contributed by atoms with Crippen molar-refractivity contribution >= 4 is 5.91 Å². The summed E-state index contributed by atoms with van der Waals surface area (Å²) in [6.45, 7) is 5.06. The number of nitrogens with zero attached hydrogens (tertiary/aromatic N) is 1. The predicted octanol–water partition coefficient (Wildman–Crippen LogP) is 1.65. The number of unbranched alkanes of at least 4 members (excludes halogenated alkanes) is 2. The van der Waals surface area contributed by atoms with Gasteiger partial charge in [0, 0.05) is 26.1 Å². The van der Waals surface area contributed by atoms with Gasteiger partial charge in [-0.25, -0.2) is 0 Å². The second kappa shape index (κ2) is 7.80. The quantitative estimate of drug-likeness (QED) is 0.636. The average molecular weight is 201 g/mol. The Kier molecular flexibility index (Phi) is 7.48. The van der Waals surface area contributed by atoms with Gasteiger partial charge in [0.15, 0.2) is 0 Å². The van der Waals surface area contributed by atoms with E-state index in [0.717, 1.165) is 32.2 Å². The fourth-order valence-electron chi connectivity index (χ4n) is 1.30. The number of amides is 1. The summed E-state index contributed by atoms with van der Waals surface area (Å²) in [7, 11) is 1.85. The first-order chi connectivity index (χ1) is 6.63. The Morgan fingerprint density at radius 2 is 2.00 bits per heavy atom. The van der Waals surface area contributed by atoms with Crippen LogP contribution in [0.2, 0.25) is 0 Å². The topological polar surface area (TPSA) is 40.5 Å². The molecule has 0 radical (unpaired) electrons. The number of aliphatic hydroxyl groups excluding tert-OH is 1. The molecule has 0 rings (SSSR count). The molecule has 14 heavy (non-hydrogen) atoms. The minimum Gasteiger partial charge on any atom is -0.396 e. The summed E-state index contributed by atoms with van der Waals surface area (Å²) in [5.41, 5.74) is 0. The lowest BCUT2D eigenvalue weighted by molar-refractivity contribution is -0.133. The third-order valence-corrected chi connectivity index (χ3v) is 2.56. The van der Waals surface area contributed by atoms with Crippen LogP contribution in [0.3, 0.4) is 0 Å². The lowest BCUT2D eigenvalue weighted by Gasteiger charge is -2.20. The highest BCUT2D eigenvalue weighted by Crippen LogP contribution is 2.06. The number of carbonyl (C=O) groups is 1. The van der Waals surface area contributed by atoms with Crippen LogP contribution in [0.25, 0.3) is 0 Å². The van der Waals surface area contributed by atoms with Gasteiger partial charge in [0.25, 0.3) is 0 Å². The molecule has 1 N–H and O–H groups in total. The Morgan fingerprint density at radius 1 is 1.36 bits per heavy atom. The lowest BCUT2D eigenvalue weighted by Crippen LogP contribution is -2.32. The first kappa shape index (κ1) is 13.4. The molecular formula is C11H23NO2. The summed E-state index contributed by atoms with van der Waals surface area (Å²) < 4.78 is 0. The molecule has 0 aliphatic heterocycles. The van der Waals surface area contributed by atoms with Gasteiger partial charge in [0.05, 0.1) is 0 Å². The van der Waals surface area contributed by atoms with E-state index in [9.17, 15) is 4.79 Å². The molecule has 0 aromatic rings. The van der Waals surface area contributed by atoms with Crippen molar-refractivity contribution in [2.75, 3.05) is 20.2 Å². The number of hydrogen-bond acceptors (Lipinski definition) is 2. The summed E-state index contributed by atoms with van der Waals surface area (Å²) in [6, 6.07) is 0. The Morgan fingerprint density at radius 3 is 2.50 bits per heavy atom. The van der Waals surface area contributed by atoms with Crippen LogP contribution in [0.5, 0.6) is 0 Å². The third-order valence-electron chi connectivity index (χ3n) is 2.56. The molecule has 0 aliphatic carbocycles. The van der Waals surface area contributed by atoms with Crippen molar-refractivity contribution in [1.29, 1.82) is 0 Å². The summed E-state index contributed by atoms with van der Waals surface area (Å²) >= 11 is 0. The number of rotatable bonds is 7. The Hall–Kier alpha value is -0.570. The normalized spacial score (nSPS) is 12.6. The molecule has 0 saturated carbocycles. The molecule has 0 aliphatic rings. The number of aliphatic hydroxyl groups is 1. The third kappa shape index (κ3) is 5.22. The number of carbonyl (C=O) groups excluding carboxylic acids is 1. The van der Waals surface area contributed by atoms with E-state index < -0.39 is 0 Å². The molecule has 0 saturated heterocycles. The zero-order chi connectivity index (χ0) is 11.0. The van der Waals surface area contributed by atoms with Crippen LogP contribution >= 0.6 is 0 Å². The smallest absolute Gasteiger partial charge is 0.225 e. The van der Waals surface area contributed by atoms with Crippen LogP contribution in [0.4, 0.5) is 0 Å². The van der Waals surface area contributed by atoms with E-state index in [-0.39, 0.29) is 18.4 Å². The first-order valence-electron chi connectivity index (χ1n) is 5.49. The van der Waals surface area contributed by atoms with E-state index in [4.69, 9.17) is 5.11 Å². The first-order valence-corrected chi connectivity index (χ1v) is 5.49. The molecular weight excluding hydrogens is 178 g/mol. The number of hydrogen-bond donors (Lipinski definition) is 1.